The number of likely N-dealkylation sites (N-methyl/N-ethyl adjacent to an activating group) is 7. The number of carbonyl (C=O) groups is 12. The number of amides is 12. The Morgan fingerprint density at radius 3 is 1.83 bits per heavy atom. The Balaban J connectivity index is 1.46. The summed E-state index contributed by atoms with van der Waals surface area (Å²) in [4.78, 5) is 191. The molecule has 1 aromatic rings. The second kappa shape index (κ2) is 39.3. The highest BCUT2D eigenvalue weighted by molar-refractivity contribution is 6.31. The van der Waals surface area contributed by atoms with E-state index < -0.39 is 174 Å². The Morgan fingerprint density at radius 1 is 0.641 bits per heavy atom. The van der Waals surface area contributed by atoms with Gasteiger partial charge in [-0.15, -0.1) is 0 Å². The molecule has 103 heavy (non-hydrogen) atoms. The number of nitrogens with one attached hydrogen (secondary N) is 3. The normalized spacial score (nSPS) is 25.3. The largest absolute Gasteiger partial charge is 0.417 e. The van der Waals surface area contributed by atoms with Gasteiger partial charge < -0.3 is 64.8 Å². The Bertz CT molecular complexity index is 3120. The molecule has 5 aliphatic rings. The van der Waals surface area contributed by atoms with E-state index in [0.29, 0.717) is 58.0 Å². The number of aryl methyl sites for hydroxylation is 1. The highest BCUT2D eigenvalue weighted by Crippen LogP contribution is 2.38. The van der Waals surface area contributed by atoms with Gasteiger partial charge in [0.15, 0.2) is 0 Å². The van der Waals surface area contributed by atoms with Gasteiger partial charge in [0.25, 0.3) is 0 Å². The molecule has 3 aliphatic carbocycles. The summed E-state index contributed by atoms with van der Waals surface area (Å²) in [6.45, 7) is 7.27. The lowest BCUT2D eigenvalue weighted by atomic mass is 9.81. The van der Waals surface area contributed by atoms with Gasteiger partial charge in [0.05, 0.1) is 49.8 Å². The molecule has 12 amide bonds. The Kier molecular flexibility index (Phi) is 32.4. The van der Waals surface area contributed by atoms with Crippen molar-refractivity contribution in [3.05, 3.63) is 34.3 Å². The van der Waals surface area contributed by atoms with Crippen molar-refractivity contribution < 1.29 is 75.4 Å². The maximum absolute atomic E-state index is 15.8. The molecule has 1 spiro atoms. The molecule has 578 valence electrons. The number of piperidine rings is 1. The van der Waals surface area contributed by atoms with Gasteiger partial charge in [-0.25, -0.2) is 0 Å². The van der Waals surface area contributed by atoms with Crippen LogP contribution in [0.4, 0.5) is 13.2 Å². The molecule has 3 saturated carbocycles. The molecule has 2 saturated heterocycles. The first-order valence-corrected chi connectivity index (χ1v) is 37.7. The van der Waals surface area contributed by atoms with Crippen LogP contribution in [0.25, 0.3) is 0 Å². The van der Waals surface area contributed by atoms with Crippen molar-refractivity contribution in [1.82, 2.24) is 60.0 Å². The Labute approximate surface area is 612 Å². The van der Waals surface area contributed by atoms with Crippen LogP contribution in [0.3, 0.4) is 0 Å². The van der Waals surface area contributed by atoms with E-state index in [4.69, 9.17) is 16.3 Å². The number of nitrogens with zero attached hydrogens (tertiary/aromatic N) is 9. The fraction of sp³-hybridized carbons (Fsp3) is 0.757. The maximum Gasteiger partial charge on any atom is 0.417 e. The summed E-state index contributed by atoms with van der Waals surface area (Å²) in [6.07, 6.45) is 6.22. The third-order valence-electron chi connectivity index (χ3n) is 21.9. The first-order chi connectivity index (χ1) is 48.6. The third kappa shape index (κ3) is 23.2. The molecule has 29 heteroatoms. The van der Waals surface area contributed by atoms with E-state index in [1.54, 1.807) is 18.7 Å². The monoisotopic (exact) mass is 1470 g/mol. The molecular weight excluding hydrogens is 1360 g/mol. The van der Waals surface area contributed by atoms with Crippen molar-refractivity contribution in [1.29, 1.82) is 0 Å². The number of ether oxygens (including phenoxy) is 1. The summed E-state index contributed by atoms with van der Waals surface area (Å²) < 4.78 is 47.5. The number of halogens is 4. The third-order valence-corrected chi connectivity index (χ3v) is 22.2. The van der Waals surface area contributed by atoms with Crippen molar-refractivity contribution in [2.75, 3.05) is 108 Å². The predicted molar refractivity (Wildman–Crippen MR) is 382 cm³/mol. The van der Waals surface area contributed by atoms with E-state index >= 15 is 24.0 Å². The lowest BCUT2D eigenvalue weighted by molar-refractivity contribution is -0.157. The van der Waals surface area contributed by atoms with E-state index in [0.717, 1.165) is 89.5 Å². The molecule has 25 nitrogen and oxygen atoms in total. The second-order valence-electron chi connectivity index (χ2n) is 30.0. The predicted octanol–water partition coefficient (Wildman–Crippen LogP) is 6.30. The van der Waals surface area contributed by atoms with Crippen molar-refractivity contribution in [2.24, 2.45) is 23.7 Å². The molecule has 0 aromatic heterocycles. The van der Waals surface area contributed by atoms with Crippen molar-refractivity contribution in [3.63, 3.8) is 0 Å². The molecule has 0 unspecified atom stereocenters. The first kappa shape index (κ1) is 84.8. The van der Waals surface area contributed by atoms with Crippen molar-refractivity contribution >= 4 is 82.5 Å². The summed E-state index contributed by atoms with van der Waals surface area (Å²) >= 11 is 6.17. The first-order valence-electron chi connectivity index (χ1n) is 37.4. The minimum atomic E-state index is -4.78. The van der Waals surface area contributed by atoms with Gasteiger partial charge in [-0.1, -0.05) is 116 Å². The van der Waals surface area contributed by atoms with Gasteiger partial charge in [-0.2, -0.15) is 13.2 Å². The van der Waals surface area contributed by atoms with Crippen LogP contribution in [0.5, 0.6) is 0 Å². The lowest BCUT2D eigenvalue weighted by Gasteiger charge is -2.43. The summed E-state index contributed by atoms with van der Waals surface area (Å²) in [5.74, 6) is -9.11. The molecular formula is C74H116ClF3N12O13. The molecule has 5 fully saturated rings. The summed E-state index contributed by atoms with van der Waals surface area (Å²) in [5.41, 5.74) is -2.42. The van der Waals surface area contributed by atoms with Gasteiger partial charge in [0.2, 0.25) is 70.9 Å². The van der Waals surface area contributed by atoms with Gasteiger partial charge in [-0.05, 0) is 119 Å². The van der Waals surface area contributed by atoms with E-state index in [1.807, 2.05) is 20.8 Å². The van der Waals surface area contributed by atoms with Gasteiger partial charge in [0.1, 0.15) is 41.8 Å². The number of rotatable bonds is 15. The Morgan fingerprint density at radius 2 is 1.23 bits per heavy atom. The Hall–Kier alpha value is -7.10. The number of hydrogen-bond donors (Lipinski definition) is 3. The number of benzene rings is 1. The lowest BCUT2D eigenvalue weighted by Crippen LogP contribution is -2.64. The van der Waals surface area contributed by atoms with E-state index in [2.05, 4.69) is 16.0 Å². The topological polar surface area (TPSA) is 279 Å². The molecule has 7 atom stereocenters. The zero-order chi connectivity index (χ0) is 76.2. The SMILES string of the molecule is CCOCCN1CC(=O)NC2(CCCC2)C(=O)N(C)[C@@H](C2CCCCC2)C(=O)N(C)[C@H](C(=O)N2CCCCC2)CC(=O)N(C)[C@@H](CC(C)C)C(=O)N[C@@H]([C@@H](C)CC)C(=O)N(C)CC(=O)N(C)CC(=O)N(C)[C@@H](CC2CCCCC2)C(=O)N(C)CC(=O)N[C@@H](CCc2ccc(C(F)(F)F)c(Cl)c2)C1=O. The van der Waals surface area contributed by atoms with Crippen molar-refractivity contribution in [2.45, 2.75) is 230 Å². The van der Waals surface area contributed by atoms with Crippen LogP contribution in [0.1, 0.15) is 187 Å². The van der Waals surface area contributed by atoms with Crippen LogP contribution in [-0.4, -0.2) is 265 Å². The summed E-state index contributed by atoms with van der Waals surface area (Å²) in [7, 11) is 9.96. The van der Waals surface area contributed by atoms with Crippen molar-refractivity contribution in [3.8, 4) is 0 Å². The van der Waals surface area contributed by atoms with E-state index in [9.17, 15) is 46.7 Å². The van der Waals surface area contributed by atoms with Crippen LogP contribution in [0.15, 0.2) is 18.2 Å². The molecule has 0 radical (unpaired) electrons. The summed E-state index contributed by atoms with van der Waals surface area (Å²) in [5, 5.41) is 8.05. The minimum absolute atomic E-state index is 0.00529. The molecule has 0 bridgehead atoms. The van der Waals surface area contributed by atoms with E-state index in [1.165, 1.54) is 75.0 Å². The fourth-order valence-corrected chi connectivity index (χ4v) is 15.6. The van der Waals surface area contributed by atoms with Crippen LogP contribution < -0.4 is 16.0 Å². The minimum Gasteiger partial charge on any atom is -0.380 e. The highest BCUT2D eigenvalue weighted by atomic mass is 35.5. The van der Waals surface area contributed by atoms with Crippen LogP contribution in [0.2, 0.25) is 5.02 Å². The molecule has 6 rings (SSSR count). The molecule has 2 heterocycles. The average molecular weight is 1470 g/mol. The average Bonchev–Trinajstić information content (AvgIpc) is 1.77. The fourth-order valence-electron chi connectivity index (χ4n) is 15.3. The van der Waals surface area contributed by atoms with Gasteiger partial charge in [-0.3, -0.25) is 57.5 Å². The second-order valence-corrected chi connectivity index (χ2v) is 30.4. The number of hydrogen-bond acceptors (Lipinski definition) is 13. The quantitative estimate of drug-likeness (QED) is 0.163. The number of alkyl halides is 3. The number of likely N-dealkylation sites (tertiary alicyclic amines) is 1. The zero-order valence-electron chi connectivity index (χ0n) is 63.0. The van der Waals surface area contributed by atoms with Crippen LogP contribution >= 0.6 is 11.6 Å². The zero-order valence-corrected chi connectivity index (χ0v) is 63.7. The molecule has 1 aromatic carbocycles. The van der Waals surface area contributed by atoms with Gasteiger partial charge in [0, 0.05) is 75.6 Å². The highest BCUT2D eigenvalue weighted by Gasteiger charge is 2.50. The smallest absolute Gasteiger partial charge is 0.380 e. The van der Waals surface area contributed by atoms with Crippen LogP contribution in [0, 0.1) is 23.7 Å². The van der Waals surface area contributed by atoms with Crippen LogP contribution in [-0.2, 0) is 74.9 Å². The standard InChI is InChI=1S/C74H116ClF3N12O13/c1-13-49(5)64-70(100)84(8)46-62(94)82(6)47-63(95)86(10)57(42-50-26-18-15-19-27-50)68(98)83(7)44-59(91)79-55(33-31-51-30-32-53(54(75)41-51)74(76,77)78)67(97)90(38-39-103-14-2)45-60(92)81-73(34-22-23-35-73)72(102)88(12)65(52-28-20-16-21-29-52)71(101)87(11)58(69(99)89-36-24-17-25-37-89)43-61(93)85(9)56(40-48(3)4)66(96)80-64/h30,32,41,48-50,52,55-58,64-65H,13-29,31,33-40,42-47H2,1-12H3,(H,79,91)(H,80,96)(H,81,92)/t49-,55-,56-,57-,58-,64-,65-/m0/s1. The van der Waals surface area contributed by atoms with Gasteiger partial charge >= 0.3 is 6.18 Å². The summed E-state index contributed by atoms with van der Waals surface area (Å²) in [6, 6.07) is -4.54. The maximum atomic E-state index is 15.8. The number of carbonyl (C=O) groups excluding carboxylic acids is 12. The molecule has 3 N–H and O–H groups in total. The van der Waals surface area contributed by atoms with E-state index in [-0.39, 0.29) is 75.7 Å². The molecule has 2 aliphatic heterocycles.